The molecule has 1 fully saturated rings. The standard InChI is InChI=1S/C16H22O7/c1-9-11(17)13(21-2)12(18)14(23-9)16(20,15(19)22-3)10-7-5-4-6-8-10/h4-9,11-14,17-18,20H,1-3H3/t9-,11-,12+,13-,14+,16?/m1/s1. The highest BCUT2D eigenvalue weighted by atomic mass is 16.6. The number of carbonyl (C=O) groups is 1. The summed E-state index contributed by atoms with van der Waals surface area (Å²) in [5.74, 6) is -0.966. The predicted molar refractivity (Wildman–Crippen MR) is 79.5 cm³/mol. The van der Waals surface area contributed by atoms with Crippen LogP contribution in [-0.4, -0.2) is 66.0 Å². The normalized spacial score (nSPS) is 33.7. The van der Waals surface area contributed by atoms with Crippen molar-refractivity contribution in [2.24, 2.45) is 0 Å². The number of hydrogen-bond donors (Lipinski definition) is 3. The van der Waals surface area contributed by atoms with Gasteiger partial charge in [0, 0.05) is 7.11 Å². The van der Waals surface area contributed by atoms with Crippen LogP contribution in [0.2, 0.25) is 0 Å². The van der Waals surface area contributed by atoms with Gasteiger partial charge in [-0.05, 0) is 12.5 Å². The largest absolute Gasteiger partial charge is 0.467 e. The van der Waals surface area contributed by atoms with Crippen LogP contribution >= 0.6 is 0 Å². The van der Waals surface area contributed by atoms with E-state index in [9.17, 15) is 20.1 Å². The van der Waals surface area contributed by atoms with Gasteiger partial charge in [-0.2, -0.15) is 0 Å². The van der Waals surface area contributed by atoms with E-state index in [1.165, 1.54) is 19.2 Å². The van der Waals surface area contributed by atoms with Crippen molar-refractivity contribution in [2.45, 2.75) is 43.0 Å². The lowest BCUT2D eigenvalue weighted by atomic mass is 9.80. The molecule has 0 radical (unpaired) electrons. The highest BCUT2D eigenvalue weighted by Gasteiger charge is 2.57. The summed E-state index contributed by atoms with van der Waals surface area (Å²) >= 11 is 0. The average Bonchev–Trinajstić information content (AvgIpc) is 2.58. The molecule has 0 amide bonds. The van der Waals surface area contributed by atoms with E-state index < -0.39 is 42.1 Å². The first kappa shape index (κ1) is 17.8. The Hall–Kier alpha value is -1.51. The molecule has 1 saturated heterocycles. The Bertz CT molecular complexity index is 534. The fraction of sp³-hybridized carbons (Fsp3) is 0.562. The third-order valence-corrected chi connectivity index (χ3v) is 4.22. The van der Waals surface area contributed by atoms with E-state index in [1.807, 2.05) is 0 Å². The van der Waals surface area contributed by atoms with E-state index in [2.05, 4.69) is 0 Å². The van der Waals surface area contributed by atoms with Crippen molar-refractivity contribution in [2.75, 3.05) is 14.2 Å². The number of aliphatic hydroxyl groups is 3. The molecule has 0 spiro atoms. The zero-order valence-electron chi connectivity index (χ0n) is 13.2. The molecule has 1 aliphatic heterocycles. The number of hydrogen-bond acceptors (Lipinski definition) is 7. The summed E-state index contributed by atoms with van der Waals surface area (Å²) in [6.45, 7) is 1.57. The van der Waals surface area contributed by atoms with Gasteiger partial charge in [-0.15, -0.1) is 0 Å². The summed E-state index contributed by atoms with van der Waals surface area (Å²) in [7, 11) is 2.46. The quantitative estimate of drug-likeness (QED) is 0.645. The maximum Gasteiger partial charge on any atom is 0.345 e. The van der Waals surface area contributed by atoms with Crippen molar-refractivity contribution in [1.29, 1.82) is 0 Å². The first-order valence-corrected chi connectivity index (χ1v) is 7.28. The molecule has 7 heteroatoms. The fourth-order valence-corrected chi connectivity index (χ4v) is 2.90. The summed E-state index contributed by atoms with van der Waals surface area (Å²) < 4.78 is 15.4. The number of methoxy groups -OCH3 is 2. The van der Waals surface area contributed by atoms with Gasteiger partial charge in [0.2, 0.25) is 5.60 Å². The molecule has 2 rings (SSSR count). The Morgan fingerprint density at radius 3 is 2.30 bits per heavy atom. The lowest BCUT2D eigenvalue weighted by molar-refractivity contribution is -0.269. The summed E-state index contributed by atoms with van der Waals surface area (Å²) in [5, 5.41) is 31.6. The molecule has 7 nitrogen and oxygen atoms in total. The van der Waals surface area contributed by atoms with Gasteiger partial charge in [0.05, 0.1) is 13.2 Å². The maximum atomic E-state index is 12.3. The number of aliphatic hydroxyl groups excluding tert-OH is 2. The Morgan fingerprint density at radius 1 is 1.17 bits per heavy atom. The van der Waals surface area contributed by atoms with Crippen LogP contribution in [-0.2, 0) is 24.6 Å². The molecule has 1 heterocycles. The molecule has 0 aromatic heterocycles. The number of esters is 1. The zero-order chi connectivity index (χ0) is 17.2. The van der Waals surface area contributed by atoms with Crippen LogP contribution in [0.5, 0.6) is 0 Å². The molecule has 128 valence electrons. The van der Waals surface area contributed by atoms with Crippen LogP contribution in [0.3, 0.4) is 0 Å². The van der Waals surface area contributed by atoms with Gasteiger partial charge in [0.25, 0.3) is 0 Å². The second-order valence-electron chi connectivity index (χ2n) is 5.57. The minimum Gasteiger partial charge on any atom is -0.467 e. The van der Waals surface area contributed by atoms with E-state index in [1.54, 1.807) is 25.1 Å². The monoisotopic (exact) mass is 326 g/mol. The van der Waals surface area contributed by atoms with Crippen molar-refractivity contribution in [1.82, 2.24) is 0 Å². The molecule has 0 saturated carbocycles. The van der Waals surface area contributed by atoms with Gasteiger partial charge in [-0.3, -0.25) is 0 Å². The first-order chi connectivity index (χ1) is 10.9. The Balaban J connectivity index is 2.49. The topological polar surface area (TPSA) is 105 Å². The lowest BCUT2D eigenvalue weighted by Gasteiger charge is -2.46. The molecular weight excluding hydrogens is 304 g/mol. The Kier molecular flexibility index (Phi) is 5.38. The lowest BCUT2D eigenvalue weighted by Crippen LogP contribution is -2.65. The second-order valence-corrected chi connectivity index (χ2v) is 5.57. The van der Waals surface area contributed by atoms with E-state index >= 15 is 0 Å². The minimum atomic E-state index is -2.24. The van der Waals surface area contributed by atoms with E-state index in [0.29, 0.717) is 0 Å². The minimum absolute atomic E-state index is 0.217. The van der Waals surface area contributed by atoms with Crippen molar-refractivity contribution < 1.29 is 34.3 Å². The first-order valence-electron chi connectivity index (χ1n) is 7.28. The molecule has 6 atom stereocenters. The van der Waals surface area contributed by atoms with Crippen molar-refractivity contribution in [3.05, 3.63) is 35.9 Å². The van der Waals surface area contributed by atoms with Crippen LogP contribution < -0.4 is 0 Å². The number of ether oxygens (including phenoxy) is 3. The van der Waals surface area contributed by atoms with Gasteiger partial charge in [0.15, 0.2) is 0 Å². The smallest absolute Gasteiger partial charge is 0.345 e. The summed E-state index contributed by atoms with van der Waals surface area (Å²) in [4.78, 5) is 12.3. The molecule has 0 aliphatic carbocycles. The fourth-order valence-electron chi connectivity index (χ4n) is 2.90. The Labute approximate surface area is 134 Å². The van der Waals surface area contributed by atoms with Gasteiger partial charge < -0.3 is 29.5 Å². The number of benzene rings is 1. The predicted octanol–water partition coefficient (Wildman–Crippen LogP) is -0.429. The summed E-state index contributed by atoms with van der Waals surface area (Å²) in [5.41, 5.74) is -2.02. The zero-order valence-corrected chi connectivity index (χ0v) is 13.2. The summed E-state index contributed by atoms with van der Waals surface area (Å²) in [6.07, 6.45) is -5.66. The van der Waals surface area contributed by atoms with Gasteiger partial charge in [-0.25, -0.2) is 4.79 Å². The third-order valence-electron chi connectivity index (χ3n) is 4.22. The molecule has 1 aromatic rings. The Morgan fingerprint density at radius 2 is 1.78 bits per heavy atom. The van der Waals surface area contributed by atoms with Crippen molar-refractivity contribution in [3.8, 4) is 0 Å². The molecule has 1 unspecified atom stereocenters. The van der Waals surface area contributed by atoms with E-state index in [4.69, 9.17) is 14.2 Å². The molecule has 23 heavy (non-hydrogen) atoms. The van der Waals surface area contributed by atoms with Gasteiger partial charge in [0.1, 0.15) is 24.4 Å². The molecule has 1 aliphatic rings. The van der Waals surface area contributed by atoms with Crippen LogP contribution in [0, 0.1) is 0 Å². The molecule has 3 N–H and O–H groups in total. The van der Waals surface area contributed by atoms with Crippen LogP contribution in [0.1, 0.15) is 12.5 Å². The molecular formula is C16H22O7. The highest BCUT2D eigenvalue weighted by Crippen LogP contribution is 2.36. The van der Waals surface area contributed by atoms with Crippen LogP contribution in [0.4, 0.5) is 0 Å². The van der Waals surface area contributed by atoms with Gasteiger partial charge in [-0.1, -0.05) is 30.3 Å². The van der Waals surface area contributed by atoms with E-state index in [0.717, 1.165) is 7.11 Å². The third kappa shape index (κ3) is 2.98. The second kappa shape index (κ2) is 6.94. The molecule has 0 bridgehead atoms. The number of carbonyl (C=O) groups excluding carboxylic acids is 1. The van der Waals surface area contributed by atoms with Crippen LogP contribution in [0.15, 0.2) is 30.3 Å². The highest BCUT2D eigenvalue weighted by molar-refractivity contribution is 5.82. The van der Waals surface area contributed by atoms with Crippen molar-refractivity contribution >= 4 is 5.97 Å². The van der Waals surface area contributed by atoms with Crippen LogP contribution in [0.25, 0.3) is 0 Å². The maximum absolute atomic E-state index is 12.3. The SMILES string of the molecule is COC(=O)C(O)(c1ccccc1)[C@H]1O[C@H](C)[C@@H](O)[C@@H](OC)[C@@H]1O. The molecule has 1 aromatic carbocycles. The number of rotatable bonds is 4. The summed E-state index contributed by atoms with van der Waals surface area (Å²) in [6, 6.07) is 8.08. The van der Waals surface area contributed by atoms with Crippen molar-refractivity contribution in [3.63, 3.8) is 0 Å². The van der Waals surface area contributed by atoms with Gasteiger partial charge >= 0.3 is 5.97 Å². The average molecular weight is 326 g/mol. The van der Waals surface area contributed by atoms with E-state index in [-0.39, 0.29) is 5.56 Å².